The molecule has 146 valence electrons. The van der Waals surface area contributed by atoms with E-state index in [1.165, 1.54) is 30.1 Å². The molecule has 1 saturated heterocycles. The number of nitrogens with zero attached hydrogens (tertiary/aromatic N) is 5. The lowest BCUT2D eigenvalue weighted by Crippen LogP contribution is -2.49. The van der Waals surface area contributed by atoms with E-state index in [0.29, 0.717) is 29.8 Å². The number of likely N-dealkylation sites (tertiary alicyclic amines) is 1. The molecule has 4 rings (SSSR count). The lowest BCUT2D eigenvalue weighted by molar-refractivity contribution is 0.0302. The number of halogens is 3. The van der Waals surface area contributed by atoms with Crippen molar-refractivity contribution in [3.05, 3.63) is 23.4 Å². The molecule has 0 spiro atoms. The summed E-state index contributed by atoms with van der Waals surface area (Å²) < 4.78 is 29.8. The van der Waals surface area contributed by atoms with Crippen molar-refractivity contribution in [3.63, 3.8) is 0 Å². The normalized spacial score (nSPS) is 23.9. The van der Waals surface area contributed by atoms with E-state index in [-0.39, 0.29) is 11.8 Å². The molecule has 2 fully saturated rings. The molecule has 0 radical (unpaired) electrons. The van der Waals surface area contributed by atoms with Crippen LogP contribution in [0.15, 0.2) is 12.4 Å². The smallest absolute Gasteiger partial charge is 0.229 e. The van der Waals surface area contributed by atoms with Crippen molar-refractivity contribution in [1.82, 2.24) is 24.6 Å². The van der Waals surface area contributed by atoms with Crippen LogP contribution in [0.4, 0.5) is 26.2 Å². The standard InChI is InChI=1S/C17H22ClF2N7/c1-21-16-11(19)7-22-17(25-16)24-13-8-23-27(15(13)18)14-5-6-26(9-12(14)20)10-3-2-4-10/h7-8,10,12,14H,2-6,9H2,1H3,(H2,21,22,24,25)/t12-,14-/m1/s1. The van der Waals surface area contributed by atoms with Crippen molar-refractivity contribution in [2.45, 2.75) is 43.9 Å². The van der Waals surface area contributed by atoms with Crippen LogP contribution >= 0.6 is 11.6 Å². The SMILES string of the molecule is CNc1nc(Nc2cnn([C@@H]3CCN(C4CCC4)C[C@H]3F)c2Cl)ncc1F. The molecule has 1 aliphatic heterocycles. The largest absolute Gasteiger partial charge is 0.371 e. The Bertz CT molecular complexity index is 811. The third-order valence-electron chi connectivity index (χ3n) is 5.41. The Morgan fingerprint density at radius 3 is 2.74 bits per heavy atom. The molecular formula is C17H22ClF2N7. The zero-order chi connectivity index (χ0) is 19.0. The highest BCUT2D eigenvalue weighted by molar-refractivity contribution is 6.32. The first-order valence-electron chi connectivity index (χ1n) is 9.15. The molecule has 0 bridgehead atoms. The molecule has 7 nitrogen and oxygen atoms in total. The van der Waals surface area contributed by atoms with Gasteiger partial charge in [0.1, 0.15) is 6.17 Å². The van der Waals surface area contributed by atoms with E-state index >= 15 is 0 Å². The van der Waals surface area contributed by atoms with Gasteiger partial charge >= 0.3 is 0 Å². The number of nitrogens with one attached hydrogen (secondary N) is 2. The maximum atomic E-state index is 14.8. The van der Waals surface area contributed by atoms with E-state index in [9.17, 15) is 8.78 Å². The van der Waals surface area contributed by atoms with Crippen LogP contribution < -0.4 is 10.6 Å². The minimum absolute atomic E-state index is 0.0724. The molecule has 0 amide bonds. The summed E-state index contributed by atoms with van der Waals surface area (Å²) in [5.74, 6) is -0.301. The molecule has 0 unspecified atom stereocenters. The van der Waals surface area contributed by atoms with Gasteiger partial charge < -0.3 is 10.6 Å². The molecule has 2 aromatic rings. The summed E-state index contributed by atoms with van der Waals surface area (Å²) >= 11 is 6.43. The van der Waals surface area contributed by atoms with Gasteiger partial charge in [-0.25, -0.2) is 18.4 Å². The minimum Gasteiger partial charge on any atom is -0.371 e. The minimum atomic E-state index is -1.03. The van der Waals surface area contributed by atoms with E-state index in [0.717, 1.165) is 12.7 Å². The van der Waals surface area contributed by atoms with Gasteiger partial charge in [-0.1, -0.05) is 18.0 Å². The predicted octanol–water partition coefficient (Wildman–Crippen LogP) is 3.39. The molecule has 1 saturated carbocycles. The Balaban J connectivity index is 1.47. The van der Waals surface area contributed by atoms with Crippen LogP contribution in [0.3, 0.4) is 0 Å². The van der Waals surface area contributed by atoms with Crippen molar-refractivity contribution in [2.75, 3.05) is 30.8 Å². The van der Waals surface area contributed by atoms with Gasteiger partial charge in [-0.15, -0.1) is 0 Å². The van der Waals surface area contributed by atoms with Crippen LogP contribution in [0, 0.1) is 5.82 Å². The van der Waals surface area contributed by atoms with Gasteiger partial charge in [0.2, 0.25) is 5.95 Å². The van der Waals surface area contributed by atoms with Gasteiger partial charge in [0.05, 0.1) is 24.1 Å². The zero-order valence-electron chi connectivity index (χ0n) is 15.0. The second kappa shape index (κ2) is 7.55. The van der Waals surface area contributed by atoms with Gasteiger partial charge in [0, 0.05) is 26.2 Å². The molecule has 2 atom stereocenters. The van der Waals surface area contributed by atoms with E-state index in [2.05, 4.69) is 30.6 Å². The summed E-state index contributed by atoms with van der Waals surface area (Å²) in [6.45, 7) is 1.27. The Hall–Kier alpha value is -2.00. The number of anilines is 3. The van der Waals surface area contributed by atoms with E-state index in [1.54, 1.807) is 7.05 Å². The second-order valence-corrected chi connectivity index (χ2v) is 7.37. The summed E-state index contributed by atoms with van der Waals surface area (Å²) in [5.41, 5.74) is 0.457. The number of piperidine rings is 1. The topological polar surface area (TPSA) is 70.9 Å². The van der Waals surface area contributed by atoms with Gasteiger partial charge in [-0.05, 0) is 19.3 Å². The van der Waals surface area contributed by atoms with Crippen molar-refractivity contribution in [2.24, 2.45) is 0 Å². The van der Waals surface area contributed by atoms with Gasteiger partial charge in [-0.2, -0.15) is 10.1 Å². The predicted molar refractivity (Wildman–Crippen MR) is 99.8 cm³/mol. The maximum Gasteiger partial charge on any atom is 0.229 e. The van der Waals surface area contributed by atoms with E-state index < -0.39 is 18.0 Å². The highest BCUT2D eigenvalue weighted by atomic mass is 35.5. The highest BCUT2D eigenvalue weighted by Crippen LogP contribution is 2.35. The monoisotopic (exact) mass is 397 g/mol. The summed E-state index contributed by atoms with van der Waals surface area (Å²) in [6.07, 6.45) is 5.78. The van der Waals surface area contributed by atoms with Crippen LogP contribution in [-0.4, -0.2) is 57.0 Å². The average molecular weight is 398 g/mol. The van der Waals surface area contributed by atoms with Crippen LogP contribution in [0.25, 0.3) is 0 Å². The molecule has 2 aromatic heterocycles. The first kappa shape index (κ1) is 18.4. The molecule has 1 aliphatic carbocycles. The fourth-order valence-corrected chi connectivity index (χ4v) is 3.93. The second-order valence-electron chi connectivity index (χ2n) is 7.01. The molecule has 10 heteroatoms. The molecule has 0 aromatic carbocycles. The van der Waals surface area contributed by atoms with Gasteiger partial charge in [0.25, 0.3) is 0 Å². The number of hydrogen-bond acceptors (Lipinski definition) is 6. The molecular weight excluding hydrogens is 376 g/mol. The van der Waals surface area contributed by atoms with Crippen LogP contribution in [0.5, 0.6) is 0 Å². The quantitative estimate of drug-likeness (QED) is 0.805. The maximum absolute atomic E-state index is 14.8. The third kappa shape index (κ3) is 3.58. The Morgan fingerprint density at radius 2 is 2.07 bits per heavy atom. The number of hydrogen-bond donors (Lipinski definition) is 2. The van der Waals surface area contributed by atoms with Gasteiger partial charge in [-0.3, -0.25) is 4.90 Å². The molecule has 27 heavy (non-hydrogen) atoms. The summed E-state index contributed by atoms with van der Waals surface area (Å²) in [6, 6.07) is 0.137. The van der Waals surface area contributed by atoms with Gasteiger partial charge in [0.15, 0.2) is 16.8 Å². The Kier molecular flexibility index (Phi) is 5.14. The zero-order valence-corrected chi connectivity index (χ0v) is 15.8. The molecule has 3 heterocycles. The summed E-state index contributed by atoms with van der Waals surface area (Å²) in [4.78, 5) is 10.2. The van der Waals surface area contributed by atoms with Crippen LogP contribution in [-0.2, 0) is 0 Å². The van der Waals surface area contributed by atoms with E-state index in [4.69, 9.17) is 11.6 Å². The molecule has 2 aliphatic rings. The Labute approximate surface area is 161 Å². The van der Waals surface area contributed by atoms with Crippen LogP contribution in [0.1, 0.15) is 31.7 Å². The van der Waals surface area contributed by atoms with Crippen molar-refractivity contribution >= 4 is 29.1 Å². The number of rotatable bonds is 5. The lowest BCUT2D eigenvalue weighted by Gasteiger charge is -2.43. The lowest BCUT2D eigenvalue weighted by atomic mass is 9.89. The first-order chi connectivity index (χ1) is 13.1. The van der Waals surface area contributed by atoms with Crippen molar-refractivity contribution in [3.8, 4) is 0 Å². The van der Waals surface area contributed by atoms with Crippen molar-refractivity contribution in [1.29, 1.82) is 0 Å². The number of aromatic nitrogens is 4. The Morgan fingerprint density at radius 1 is 1.26 bits per heavy atom. The molecule has 2 N–H and O–H groups in total. The summed E-state index contributed by atoms with van der Waals surface area (Å²) in [5, 5.41) is 10.1. The fourth-order valence-electron chi connectivity index (χ4n) is 3.66. The third-order valence-corrected chi connectivity index (χ3v) is 5.78. The average Bonchev–Trinajstić information content (AvgIpc) is 2.96. The fraction of sp³-hybridized carbons (Fsp3) is 0.588. The van der Waals surface area contributed by atoms with Crippen molar-refractivity contribution < 1.29 is 8.78 Å². The summed E-state index contributed by atoms with van der Waals surface area (Å²) in [7, 11) is 1.57. The highest BCUT2D eigenvalue weighted by Gasteiger charge is 2.36. The van der Waals surface area contributed by atoms with Crippen LogP contribution in [0.2, 0.25) is 5.15 Å². The number of alkyl halides is 1. The van der Waals surface area contributed by atoms with E-state index in [1.807, 2.05) is 0 Å². The first-order valence-corrected chi connectivity index (χ1v) is 9.53.